The molecule has 1 fully saturated rings. The summed E-state index contributed by atoms with van der Waals surface area (Å²) in [5, 5.41) is 10.3. The molecule has 2 unspecified atom stereocenters. The van der Waals surface area contributed by atoms with Crippen molar-refractivity contribution >= 4 is 0 Å². The van der Waals surface area contributed by atoms with Crippen molar-refractivity contribution in [2.24, 2.45) is 11.3 Å². The molecule has 0 heterocycles. The molecule has 2 nitrogen and oxygen atoms in total. The van der Waals surface area contributed by atoms with Crippen LogP contribution in [0, 0.1) is 11.3 Å². The van der Waals surface area contributed by atoms with Gasteiger partial charge in [-0.1, -0.05) is 46.5 Å². The van der Waals surface area contributed by atoms with Crippen molar-refractivity contribution in [3.63, 3.8) is 0 Å². The number of rotatable bonds is 6. The van der Waals surface area contributed by atoms with E-state index >= 15 is 0 Å². The van der Waals surface area contributed by atoms with Gasteiger partial charge in [-0.05, 0) is 31.1 Å². The van der Waals surface area contributed by atoms with Gasteiger partial charge in [0.05, 0.1) is 12.2 Å². The van der Waals surface area contributed by atoms with Crippen LogP contribution in [0.15, 0.2) is 0 Å². The van der Waals surface area contributed by atoms with Crippen LogP contribution in [0.3, 0.4) is 0 Å². The minimum Gasteiger partial charge on any atom is -0.390 e. The third-order valence-electron chi connectivity index (χ3n) is 3.89. The smallest absolute Gasteiger partial charge is 0.0881 e. The minimum atomic E-state index is -0.310. The Labute approximate surface area is 107 Å². The van der Waals surface area contributed by atoms with E-state index in [1.54, 1.807) is 0 Å². The molecule has 1 aliphatic carbocycles. The number of hydrogen-bond donors (Lipinski definition) is 1. The molecule has 17 heavy (non-hydrogen) atoms. The molecule has 0 spiro atoms. The van der Waals surface area contributed by atoms with E-state index in [9.17, 15) is 5.11 Å². The maximum absolute atomic E-state index is 10.3. The van der Waals surface area contributed by atoms with Crippen LogP contribution in [-0.2, 0) is 4.74 Å². The van der Waals surface area contributed by atoms with Crippen molar-refractivity contribution in [1.82, 2.24) is 0 Å². The van der Waals surface area contributed by atoms with Crippen molar-refractivity contribution < 1.29 is 9.84 Å². The third-order valence-corrected chi connectivity index (χ3v) is 3.89. The summed E-state index contributed by atoms with van der Waals surface area (Å²) < 4.78 is 5.73. The lowest BCUT2D eigenvalue weighted by atomic mass is 9.83. The van der Waals surface area contributed by atoms with E-state index in [1.165, 1.54) is 32.1 Å². The van der Waals surface area contributed by atoms with Gasteiger partial charge in [0, 0.05) is 6.61 Å². The van der Waals surface area contributed by atoms with Gasteiger partial charge in [0.2, 0.25) is 0 Å². The Balaban J connectivity index is 2.38. The van der Waals surface area contributed by atoms with Crippen molar-refractivity contribution in [1.29, 1.82) is 0 Å². The van der Waals surface area contributed by atoms with Crippen LogP contribution in [0.4, 0.5) is 0 Å². The molecule has 0 aromatic heterocycles. The largest absolute Gasteiger partial charge is 0.390 e. The SMILES string of the molecule is CCOC(C(O)CCC1CCCC1)C(C)(C)C. The predicted octanol–water partition coefficient (Wildman–Crippen LogP) is 3.77. The topological polar surface area (TPSA) is 29.5 Å². The van der Waals surface area contributed by atoms with Gasteiger partial charge >= 0.3 is 0 Å². The standard InChI is InChI=1S/C15H30O2/c1-5-17-14(15(2,3)4)13(16)11-10-12-8-6-7-9-12/h12-14,16H,5-11H2,1-4H3. The van der Waals surface area contributed by atoms with Gasteiger partial charge in [-0.25, -0.2) is 0 Å². The van der Waals surface area contributed by atoms with Crippen molar-refractivity contribution in [3.05, 3.63) is 0 Å². The zero-order chi connectivity index (χ0) is 12.9. The van der Waals surface area contributed by atoms with E-state index in [0.29, 0.717) is 6.61 Å². The number of aliphatic hydroxyl groups is 1. The first kappa shape index (κ1) is 15.0. The monoisotopic (exact) mass is 242 g/mol. The fraction of sp³-hybridized carbons (Fsp3) is 1.00. The first-order valence-electron chi connectivity index (χ1n) is 7.24. The Morgan fingerprint density at radius 3 is 2.29 bits per heavy atom. The molecular formula is C15H30O2. The van der Waals surface area contributed by atoms with Gasteiger partial charge in [-0.3, -0.25) is 0 Å². The van der Waals surface area contributed by atoms with E-state index < -0.39 is 0 Å². The summed E-state index contributed by atoms with van der Waals surface area (Å²) in [6, 6.07) is 0. The molecule has 0 aliphatic heterocycles. The molecule has 1 rings (SSSR count). The van der Waals surface area contributed by atoms with Gasteiger partial charge in [0.25, 0.3) is 0 Å². The van der Waals surface area contributed by atoms with Crippen LogP contribution >= 0.6 is 0 Å². The molecule has 0 aromatic rings. The fourth-order valence-corrected chi connectivity index (χ4v) is 2.97. The second kappa shape index (κ2) is 6.75. The molecule has 0 saturated heterocycles. The Morgan fingerprint density at radius 2 is 1.82 bits per heavy atom. The summed E-state index contributed by atoms with van der Waals surface area (Å²) in [5.74, 6) is 0.854. The Morgan fingerprint density at radius 1 is 1.24 bits per heavy atom. The Kier molecular flexibility index (Phi) is 5.94. The highest BCUT2D eigenvalue weighted by Gasteiger charge is 2.32. The van der Waals surface area contributed by atoms with Crippen LogP contribution in [0.2, 0.25) is 0 Å². The van der Waals surface area contributed by atoms with Crippen LogP contribution in [0.1, 0.15) is 66.2 Å². The first-order valence-corrected chi connectivity index (χ1v) is 7.24. The van der Waals surface area contributed by atoms with Crippen molar-refractivity contribution in [2.75, 3.05) is 6.61 Å². The van der Waals surface area contributed by atoms with Crippen molar-refractivity contribution in [3.8, 4) is 0 Å². The third kappa shape index (κ3) is 4.97. The number of ether oxygens (including phenoxy) is 1. The lowest BCUT2D eigenvalue weighted by molar-refractivity contribution is -0.0916. The Hall–Kier alpha value is -0.0800. The summed E-state index contributed by atoms with van der Waals surface area (Å²) in [5.41, 5.74) is 0.0190. The lowest BCUT2D eigenvalue weighted by Gasteiger charge is -2.34. The number of aliphatic hydroxyl groups excluding tert-OH is 1. The molecule has 102 valence electrons. The highest BCUT2D eigenvalue weighted by molar-refractivity contribution is 4.82. The molecule has 0 amide bonds. The van der Waals surface area contributed by atoms with E-state index in [-0.39, 0.29) is 17.6 Å². The van der Waals surface area contributed by atoms with Crippen LogP contribution < -0.4 is 0 Å². The highest BCUT2D eigenvalue weighted by Crippen LogP contribution is 2.32. The van der Waals surface area contributed by atoms with Crippen LogP contribution in [0.5, 0.6) is 0 Å². The van der Waals surface area contributed by atoms with Gasteiger partial charge in [-0.2, -0.15) is 0 Å². The number of hydrogen-bond acceptors (Lipinski definition) is 2. The maximum Gasteiger partial charge on any atom is 0.0881 e. The second-order valence-electron chi connectivity index (χ2n) is 6.54. The zero-order valence-electron chi connectivity index (χ0n) is 12.0. The second-order valence-corrected chi connectivity index (χ2v) is 6.54. The molecule has 2 heteroatoms. The summed E-state index contributed by atoms with van der Waals surface area (Å²) >= 11 is 0. The fourth-order valence-electron chi connectivity index (χ4n) is 2.97. The predicted molar refractivity (Wildman–Crippen MR) is 72.1 cm³/mol. The van der Waals surface area contributed by atoms with Gasteiger partial charge in [0.1, 0.15) is 0 Å². The molecule has 1 aliphatic rings. The molecule has 1 N–H and O–H groups in total. The van der Waals surface area contributed by atoms with Crippen LogP contribution in [-0.4, -0.2) is 23.9 Å². The van der Waals surface area contributed by atoms with Crippen molar-refractivity contribution in [2.45, 2.75) is 78.4 Å². The van der Waals surface area contributed by atoms with E-state index in [0.717, 1.165) is 12.3 Å². The zero-order valence-corrected chi connectivity index (χ0v) is 12.0. The van der Waals surface area contributed by atoms with E-state index in [2.05, 4.69) is 20.8 Å². The molecular weight excluding hydrogens is 212 g/mol. The summed E-state index contributed by atoms with van der Waals surface area (Å²) in [6.07, 6.45) is 7.21. The average Bonchev–Trinajstić information content (AvgIpc) is 2.73. The highest BCUT2D eigenvalue weighted by atomic mass is 16.5. The molecule has 0 radical (unpaired) electrons. The van der Waals surface area contributed by atoms with Gasteiger partial charge in [0.15, 0.2) is 0 Å². The normalized spacial score (nSPS) is 21.7. The van der Waals surface area contributed by atoms with E-state index in [4.69, 9.17) is 4.74 Å². The Bertz CT molecular complexity index is 201. The molecule has 0 aromatic carbocycles. The molecule has 1 saturated carbocycles. The molecule has 0 bridgehead atoms. The summed E-state index contributed by atoms with van der Waals surface area (Å²) in [4.78, 5) is 0. The first-order chi connectivity index (χ1) is 7.95. The molecule has 2 atom stereocenters. The maximum atomic E-state index is 10.3. The lowest BCUT2D eigenvalue weighted by Crippen LogP contribution is -2.40. The van der Waals surface area contributed by atoms with Crippen LogP contribution in [0.25, 0.3) is 0 Å². The minimum absolute atomic E-state index is 0.0190. The van der Waals surface area contributed by atoms with E-state index in [1.807, 2.05) is 6.92 Å². The quantitative estimate of drug-likeness (QED) is 0.768. The van der Waals surface area contributed by atoms with Gasteiger partial charge < -0.3 is 9.84 Å². The summed E-state index contributed by atoms with van der Waals surface area (Å²) in [7, 11) is 0. The van der Waals surface area contributed by atoms with Gasteiger partial charge in [-0.15, -0.1) is 0 Å². The summed E-state index contributed by atoms with van der Waals surface area (Å²) in [6.45, 7) is 9.12. The average molecular weight is 242 g/mol.